The van der Waals surface area contributed by atoms with Gasteiger partial charge in [-0.25, -0.2) is 4.98 Å². The molecule has 9 heteroatoms. The largest absolute Gasteiger partial charge is 0.449 e. The molecule has 0 fully saturated rings. The summed E-state index contributed by atoms with van der Waals surface area (Å²) in [5.41, 5.74) is -0.413. The van der Waals surface area contributed by atoms with Gasteiger partial charge in [0.05, 0.1) is 0 Å². The van der Waals surface area contributed by atoms with Gasteiger partial charge >= 0.3 is 6.18 Å². The Bertz CT molecular complexity index is 554. The number of hydrogen-bond donors (Lipinski definition) is 2. The molecular weight excluding hydrogens is 321 g/mol. The first kappa shape index (κ1) is 17.8. The number of alkyl halides is 3. The maximum absolute atomic E-state index is 12.5. The van der Waals surface area contributed by atoms with Crippen LogP contribution in [0.3, 0.4) is 0 Å². The van der Waals surface area contributed by atoms with Crippen molar-refractivity contribution in [3.8, 4) is 0 Å². The van der Waals surface area contributed by atoms with Crippen molar-refractivity contribution in [1.82, 2.24) is 9.55 Å². The number of nitrogens with one attached hydrogen (secondary N) is 2. The first-order valence-electron chi connectivity index (χ1n) is 5.97. The molecule has 21 heavy (non-hydrogen) atoms. The summed E-state index contributed by atoms with van der Waals surface area (Å²) in [7, 11) is 0. The zero-order valence-corrected chi connectivity index (χ0v) is 12.7. The SMILES string of the molecule is C=CCSCCCSc1nccn(C(=N)C(F)(F)F)c1=N. The summed E-state index contributed by atoms with van der Waals surface area (Å²) >= 11 is 2.94. The van der Waals surface area contributed by atoms with Crippen molar-refractivity contribution < 1.29 is 13.2 Å². The Balaban J connectivity index is 2.67. The van der Waals surface area contributed by atoms with E-state index in [1.54, 1.807) is 11.8 Å². The van der Waals surface area contributed by atoms with Crippen LogP contribution in [0.5, 0.6) is 0 Å². The highest BCUT2D eigenvalue weighted by molar-refractivity contribution is 8.00. The molecule has 0 saturated carbocycles. The maximum atomic E-state index is 12.5. The second kappa shape index (κ2) is 8.28. The van der Waals surface area contributed by atoms with Gasteiger partial charge in [-0.2, -0.15) is 24.9 Å². The minimum absolute atomic E-state index is 0.195. The van der Waals surface area contributed by atoms with Gasteiger partial charge in [0, 0.05) is 23.9 Å². The third kappa shape index (κ3) is 5.58. The van der Waals surface area contributed by atoms with Crippen LogP contribution in [-0.2, 0) is 0 Å². The molecule has 116 valence electrons. The van der Waals surface area contributed by atoms with E-state index in [0.717, 1.165) is 24.1 Å². The Morgan fingerprint density at radius 1 is 1.43 bits per heavy atom. The van der Waals surface area contributed by atoms with Gasteiger partial charge in [0.2, 0.25) is 5.84 Å². The van der Waals surface area contributed by atoms with Crippen LogP contribution >= 0.6 is 23.5 Å². The standard InChI is InChI=1S/C12H15F3N4S2/c1-2-6-20-7-3-8-21-10-9(16)19(5-4-18-10)11(17)12(13,14)15/h2,4-5,16-17H,1,3,6-8H2. The summed E-state index contributed by atoms with van der Waals surface area (Å²) in [5, 5.41) is 15.0. The van der Waals surface area contributed by atoms with E-state index in [4.69, 9.17) is 10.8 Å². The third-order valence-electron chi connectivity index (χ3n) is 2.27. The van der Waals surface area contributed by atoms with Crippen molar-refractivity contribution in [2.75, 3.05) is 17.3 Å². The van der Waals surface area contributed by atoms with Crippen LogP contribution in [0.25, 0.3) is 0 Å². The maximum Gasteiger partial charge on any atom is 0.449 e. The third-order valence-corrected chi connectivity index (χ3v) is 4.38. The fraction of sp³-hybridized carbons (Fsp3) is 0.417. The molecule has 0 radical (unpaired) electrons. The highest BCUT2D eigenvalue weighted by Crippen LogP contribution is 2.18. The van der Waals surface area contributed by atoms with Crippen LogP contribution in [-0.4, -0.2) is 38.8 Å². The molecule has 0 unspecified atom stereocenters. The molecule has 1 aromatic heterocycles. The number of aromatic nitrogens is 2. The predicted octanol–water partition coefficient (Wildman–Crippen LogP) is 3.15. The van der Waals surface area contributed by atoms with Crippen molar-refractivity contribution in [3.63, 3.8) is 0 Å². The second-order valence-corrected chi connectivity index (χ2v) is 6.10. The van der Waals surface area contributed by atoms with Crippen LogP contribution in [0.1, 0.15) is 6.42 Å². The van der Waals surface area contributed by atoms with E-state index < -0.39 is 17.5 Å². The van der Waals surface area contributed by atoms with Crippen molar-refractivity contribution in [1.29, 1.82) is 10.8 Å². The van der Waals surface area contributed by atoms with Gasteiger partial charge < -0.3 is 0 Å². The van der Waals surface area contributed by atoms with E-state index >= 15 is 0 Å². The molecule has 1 heterocycles. The molecule has 0 aliphatic rings. The van der Waals surface area contributed by atoms with Gasteiger partial charge in [0.25, 0.3) is 0 Å². The van der Waals surface area contributed by atoms with E-state index in [2.05, 4.69) is 11.6 Å². The predicted molar refractivity (Wildman–Crippen MR) is 80.1 cm³/mol. The van der Waals surface area contributed by atoms with E-state index in [0.29, 0.717) is 10.3 Å². The Labute approximate surface area is 128 Å². The average Bonchev–Trinajstić information content (AvgIpc) is 2.42. The molecule has 0 amide bonds. The summed E-state index contributed by atoms with van der Waals surface area (Å²) in [6.07, 6.45) is 0.0282. The van der Waals surface area contributed by atoms with E-state index in [-0.39, 0.29) is 5.03 Å². The lowest BCUT2D eigenvalue weighted by atomic mass is 10.5. The number of nitrogens with zero attached hydrogens (tertiary/aromatic N) is 2. The zero-order valence-electron chi connectivity index (χ0n) is 11.1. The summed E-state index contributed by atoms with van der Waals surface area (Å²) in [4.78, 5) is 3.90. The van der Waals surface area contributed by atoms with Gasteiger partial charge in [-0.3, -0.25) is 15.4 Å². The Kier molecular flexibility index (Phi) is 7.03. The highest BCUT2D eigenvalue weighted by Gasteiger charge is 2.36. The summed E-state index contributed by atoms with van der Waals surface area (Å²) < 4.78 is 38.0. The van der Waals surface area contributed by atoms with Crippen molar-refractivity contribution in [3.05, 3.63) is 30.5 Å². The van der Waals surface area contributed by atoms with Crippen molar-refractivity contribution in [2.45, 2.75) is 17.6 Å². The normalized spacial score (nSPS) is 11.4. The summed E-state index contributed by atoms with van der Waals surface area (Å²) in [5.74, 6) is 0.850. The van der Waals surface area contributed by atoms with E-state index in [1.165, 1.54) is 18.0 Å². The molecule has 0 aliphatic carbocycles. The molecule has 1 rings (SSSR count). The summed E-state index contributed by atoms with van der Waals surface area (Å²) in [6.45, 7) is 3.61. The lowest BCUT2D eigenvalue weighted by Gasteiger charge is -2.12. The Morgan fingerprint density at radius 3 is 2.76 bits per heavy atom. The van der Waals surface area contributed by atoms with Gasteiger partial charge in [0.1, 0.15) is 5.03 Å². The second-order valence-electron chi connectivity index (χ2n) is 3.86. The monoisotopic (exact) mass is 336 g/mol. The van der Waals surface area contributed by atoms with Gasteiger partial charge in [-0.05, 0) is 12.2 Å². The van der Waals surface area contributed by atoms with Gasteiger partial charge in [0.15, 0.2) is 5.49 Å². The molecule has 0 saturated heterocycles. The first-order valence-corrected chi connectivity index (χ1v) is 8.11. The Hall–Kier alpha value is -1.22. The zero-order chi connectivity index (χ0) is 15.9. The van der Waals surface area contributed by atoms with Crippen LogP contribution in [0.2, 0.25) is 0 Å². The van der Waals surface area contributed by atoms with Crippen LogP contribution in [0, 0.1) is 10.8 Å². The molecule has 0 aromatic carbocycles. The van der Waals surface area contributed by atoms with Crippen molar-refractivity contribution >= 4 is 29.4 Å². The lowest BCUT2D eigenvalue weighted by molar-refractivity contribution is -0.0626. The van der Waals surface area contributed by atoms with Crippen LogP contribution in [0.4, 0.5) is 13.2 Å². The number of thioether (sulfide) groups is 2. The minimum atomic E-state index is -4.79. The minimum Gasteiger partial charge on any atom is -0.282 e. The van der Waals surface area contributed by atoms with Crippen molar-refractivity contribution in [2.24, 2.45) is 0 Å². The molecule has 0 bridgehead atoms. The molecule has 1 aromatic rings. The Morgan fingerprint density at radius 2 is 2.14 bits per heavy atom. The van der Waals surface area contributed by atoms with E-state index in [9.17, 15) is 13.2 Å². The summed E-state index contributed by atoms with van der Waals surface area (Å²) in [6, 6.07) is 0. The lowest BCUT2D eigenvalue weighted by Crippen LogP contribution is -2.37. The van der Waals surface area contributed by atoms with Crippen LogP contribution < -0.4 is 5.49 Å². The first-order chi connectivity index (χ1) is 9.88. The van der Waals surface area contributed by atoms with Gasteiger partial charge in [-0.1, -0.05) is 6.08 Å². The molecule has 0 atom stereocenters. The number of rotatable bonds is 7. The molecule has 2 N–H and O–H groups in total. The highest BCUT2D eigenvalue weighted by atomic mass is 32.2. The topological polar surface area (TPSA) is 65.5 Å². The molecule has 0 aliphatic heterocycles. The fourth-order valence-electron chi connectivity index (χ4n) is 1.33. The fourth-order valence-corrected chi connectivity index (χ4v) is 3.05. The quantitative estimate of drug-likeness (QED) is 0.264. The van der Waals surface area contributed by atoms with Crippen LogP contribution in [0.15, 0.2) is 30.1 Å². The molecule has 4 nitrogen and oxygen atoms in total. The molecular formula is C12H15F3N4S2. The van der Waals surface area contributed by atoms with E-state index in [1.807, 2.05) is 6.08 Å². The smallest absolute Gasteiger partial charge is 0.282 e. The average molecular weight is 336 g/mol. The van der Waals surface area contributed by atoms with Gasteiger partial charge in [-0.15, -0.1) is 18.3 Å². The molecule has 0 spiro atoms. The number of hydrogen-bond acceptors (Lipinski definition) is 5. The number of halogens is 3.